The number of amides is 2. The predicted octanol–water partition coefficient (Wildman–Crippen LogP) is 1.72. The van der Waals surface area contributed by atoms with Gasteiger partial charge in [-0.05, 0) is 29.8 Å². The van der Waals surface area contributed by atoms with Crippen LogP contribution in [0.15, 0.2) is 58.4 Å². The Hall–Kier alpha value is -2.54. The van der Waals surface area contributed by atoms with Crippen molar-refractivity contribution in [1.82, 2.24) is 15.7 Å². The molecule has 1 aromatic carbocycles. The van der Waals surface area contributed by atoms with Crippen molar-refractivity contribution in [2.24, 2.45) is 5.10 Å². The number of hydrogen-bond acceptors (Lipinski definition) is 4. The van der Waals surface area contributed by atoms with E-state index >= 15 is 0 Å². The van der Waals surface area contributed by atoms with Gasteiger partial charge in [-0.1, -0.05) is 28.1 Å². The molecule has 7 heteroatoms. The van der Waals surface area contributed by atoms with Gasteiger partial charge in [0.25, 0.3) is 11.8 Å². The molecule has 0 saturated carbocycles. The van der Waals surface area contributed by atoms with Crippen LogP contribution >= 0.6 is 15.9 Å². The molecule has 0 unspecified atom stereocenters. The first-order valence-corrected chi connectivity index (χ1v) is 7.20. The number of pyridine rings is 1. The molecule has 0 fully saturated rings. The lowest BCUT2D eigenvalue weighted by Crippen LogP contribution is -2.34. The van der Waals surface area contributed by atoms with Gasteiger partial charge in [0.05, 0.1) is 12.8 Å². The van der Waals surface area contributed by atoms with Gasteiger partial charge in [0.15, 0.2) is 0 Å². The SMILES string of the molecule is O=C(CNC(=O)c1ccncc1)N/N=C\c1cccc(Br)c1. The monoisotopic (exact) mass is 360 g/mol. The van der Waals surface area contributed by atoms with E-state index in [1.54, 1.807) is 12.1 Å². The first-order chi connectivity index (χ1) is 10.6. The van der Waals surface area contributed by atoms with Crippen LogP contribution in [-0.2, 0) is 4.79 Å². The second-order valence-corrected chi connectivity index (χ2v) is 5.18. The number of benzene rings is 1. The van der Waals surface area contributed by atoms with Crippen LogP contribution in [0.4, 0.5) is 0 Å². The van der Waals surface area contributed by atoms with Crippen LogP contribution in [-0.4, -0.2) is 29.6 Å². The molecule has 2 rings (SSSR count). The normalized spacial score (nSPS) is 10.4. The van der Waals surface area contributed by atoms with Crippen LogP contribution in [0.25, 0.3) is 0 Å². The first kappa shape index (κ1) is 15.8. The van der Waals surface area contributed by atoms with E-state index in [1.807, 2.05) is 24.3 Å². The zero-order valence-corrected chi connectivity index (χ0v) is 13.1. The molecule has 112 valence electrons. The van der Waals surface area contributed by atoms with E-state index in [0.29, 0.717) is 5.56 Å². The third-order valence-electron chi connectivity index (χ3n) is 2.60. The molecule has 2 aromatic rings. The zero-order chi connectivity index (χ0) is 15.8. The zero-order valence-electron chi connectivity index (χ0n) is 11.5. The largest absolute Gasteiger partial charge is 0.343 e. The lowest BCUT2D eigenvalue weighted by atomic mass is 10.2. The van der Waals surface area contributed by atoms with Crippen molar-refractivity contribution in [3.63, 3.8) is 0 Å². The molecule has 0 atom stereocenters. The maximum atomic E-state index is 11.7. The van der Waals surface area contributed by atoms with E-state index in [2.05, 4.69) is 36.8 Å². The molecule has 0 radical (unpaired) electrons. The summed E-state index contributed by atoms with van der Waals surface area (Å²) in [6.07, 6.45) is 4.54. The fraction of sp³-hybridized carbons (Fsp3) is 0.0667. The van der Waals surface area contributed by atoms with E-state index in [-0.39, 0.29) is 12.5 Å². The van der Waals surface area contributed by atoms with Crippen LogP contribution in [0, 0.1) is 0 Å². The van der Waals surface area contributed by atoms with E-state index in [9.17, 15) is 9.59 Å². The van der Waals surface area contributed by atoms with Crippen molar-refractivity contribution in [2.45, 2.75) is 0 Å². The number of hydrazone groups is 1. The highest BCUT2D eigenvalue weighted by molar-refractivity contribution is 9.10. The number of rotatable bonds is 5. The standard InChI is InChI=1S/C15H13BrN4O2/c16-13-3-1-2-11(8-13)9-19-20-14(21)10-18-15(22)12-4-6-17-7-5-12/h1-9H,10H2,(H,18,22)(H,20,21)/b19-9-. The summed E-state index contributed by atoms with van der Waals surface area (Å²) in [5, 5.41) is 6.32. The molecule has 0 aliphatic rings. The summed E-state index contributed by atoms with van der Waals surface area (Å²) < 4.78 is 0.924. The average Bonchev–Trinajstić information content (AvgIpc) is 2.53. The third kappa shape index (κ3) is 5.10. The van der Waals surface area contributed by atoms with E-state index in [0.717, 1.165) is 10.0 Å². The molecule has 0 spiro atoms. The predicted molar refractivity (Wildman–Crippen MR) is 86.4 cm³/mol. The number of nitrogens with zero attached hydrogens (tertiary/aromatic N) is 2. The summed E-state index contributed by atoms with van der Waals surface area (Å²) >= 11 is 3.35. The number of carbonyl (C=O) groups is 2. The first-order valence-electron chi connectivity index (χ1n) is 6.41. The lowest BCUT2D eigenvalue weighted by Gasteiger charge is -2.03. The molecular formula is C15H13BrN4O2. The average molecular weight is 361 g/mol. The van der Waals surface area contributed by atoms with Gasteiger partial charge in [-0.15, -0.1) is 0 Å². The number of hydrogen-bond donors (Lipinski definition) is 2. The summed E-state index contributed by atoms with van der Waals surface area (Å²) in [5.74, 6) is -0.748. The van der Waals surface area contributed by atoms with Crippen LogP contribution in [0.3, 0.4) is 0 Å². The molecule has 22 heavy (non-hydrogen) atoms. The van der Waals surface area contributed by atoms with Crippen LogP contribution in [0.2, 0.25) is 0 Å². The van der Waals surface area contributed by atoms with Crippen molar-refractivity contribution in [3.05, 3.63) is 64.4 Å². The smallest absolute Gasteiger partial charge is 0.259 e. The minimum atomic E-state index is -0.409. The Morgan fingerprint density at radius 2 is 2.00 bits per heavy atom. The Morgan fingerprint density at radius 3 is 2.73 bits per heavy atom. The summed E-state index contributed by atoms with van der Waals surface area (Å²) in [6, 6.07) is 10.6. The molecule has 0 saturated heterocycles. The Bertz CT molecular complexity index is 689. The minimum absolute atomic E-state index is 0.156. The summed E-state index contributed by atoms with van der Waals surface area (Å²) in [7, 11) is 0. The van der Waals surface area contributed by atoms with Crippen molar-refractivity contribution in [2.75, 3.05) is 6.54 Å². The van der Waals surface area contributed by atoms with Gasteiger partial charge in [-0.3, -0.25) is 14.6 Å². The molecule has 6 nitrogen and oxygen atoms in total. The van der Waals surface area contributed by atoms with Crippen molar-refractivity contribution >= 4 is 34.0 Å². The summed E-state index contributed by atoms with van der Waals surface area (Å²) in [4.78, 5) is 27.1. The van der Waals surface area contributed by atoms with Crippen LogP contribution in [0.1, 0.15) is 15.9 Å². The van der Waals surface area contributed by atoms with Crippen molar-refractivity contribution < 1.29 is 9.59 Å². The number of carbonyl (C=O) groups excluding carboxylic acids is 2. The Labute approximate surface area is 135 Å². The molecular weight excluding hydrogens is 348 g/mol. The Morgan fingerprint density at radius 1 is 1.23 bits per heavy atom. The Balaban J connectivity index is 1.77. The number of nitrogens with one attached hydrogen (secondary N) is 2. The van der Waals surface area contributed by atoms with Gasteiger partial charge in [0.2, 0.25) is 0 Å². The van der Waals surface area contributed by atoms with E-state index < -0.39 is 5.91 Å². The molecule has 1 heterocycles. The van der Waals surface area contributed by atoms with Gasteiger partial charge >= 0.3 is 0 Å². The van der Waals surface area contributed by atoms with Crippen molar-refractivity contribution in [1.29, 1.82) is 0 Å². The molecule has 0 aliphatic carbocycles. The fourth-order valence-electron chi connectivity index (χ4n) is 1.57. The topological polar surface area (TPSA) is 83.5 Å². The fourth-order valence-corrected chi connectivity index (χ4v) is 1.99. The number of halogens is 1. The van der Waals surface area contributed by atoms with Gasteiger partial charge in [0.1, 0.15) is 0 Å². The Kier molecular flexibility index (Phi) is 5.79. The molecule has 2 amide bonds. The second kappa shape index (κ2) is 8.04. The van der Waals surface area contributed by atoms with Gasteiger partial charge in [0, 0.05) is 22.4 Å². The molecule has 0 aliphatic heterocycles. The van der Waals surface area contributed by atoms with Crippen LogP contribution < -0.4 is 10.7 Å². The quantitative estimate of drug-likeness (QED) is 0.628. The summed E-state index contributed by atoms with van der Waals surface area (Å²) in [6.45, 7) is -0.156. The maximum Gasteiger partial charge on any atom is 0.259 e. The minimum Gasteiger partial charge on any atom is -0.343 e. The van der Waals surface area contributed by atoms with Gasteiger partial charge in [-0.2, -0.15) is 5.10 Å². The highest BCUT2D eigenvalue weighted by atomic mass is 79.9. The maximum absolute atomic E-state index is 11.7. The van der Waals surface area contributed by atoms with E-state index in [1.165, 1.54) is 18.6 Å². The van der Waals surface area contributed by atoms with E-state index in [4.69, 9.17) is 0 Å². The van der Waals surface area contributed by atoms with Crippen molar-refractivity contribution in [3.8, 4) is 0 Å². The molecule has 0 bridgehead atoms. The highest BCUT2D eigenvalue weighted by Crippen LogP contribution is 2.09. The second-order valence-electron chi connectivity index (χ2n) is 4.27. The molecule has 1 aromatic heterocycles. The summed E-state index contributed by atoms with van der Waals surface area (Å²) in [5.41, 5.74) is 3.63. The number of aromatic nitrogens is 1. The third-order valence-corrected chi connectivity index (χ3v) is 3.10. The van der Waals surface area contributed by atoms with Gasteiger partial charge in [-0.25, -0.2) is 5.43 Å². The molecule has 2 N–H and O–H groups in total. The lowest BCUT2D eigenvalue weighted by molar-refractivity contribution is -0.120. The van der Waals surface area contributed by atoms with Gasteiger partial charge < -0.3 is 5.32 Å². The highest BCUT2D eigenvalue weighted by Gasteiger charge is 2.06. The van der Waals surface area contributed by atoms with Crippen LogP contribution in [0.5, 0.6) is 0 Å².